The normalized spacial score (nSPS) is 10.4. The number of ketones is 1. The third-order valence-corrected chi connectivity index (χ3v) is 4.71. The first-order chi connectivity index (χ1) is 16.0. The van der Waals surface area contributed by atoms with Crippen LogP contribution < -0.4 is 20.7 Å². The Morgan fingerprint density at radius 2 is 1.97 bits per heavy atom. The Hall–Kier alpha value is -3.98. The molecule has 0 atom stereocenters. The molecule has 33 heavy (non-hydrogen) atoms. The van der Waals surface area contributed by atoms with E-state index >= 15 is 0 Å². The third kappa shape index (κ3) is 6.75. The van der Waals surface area contributed by atoms with Crippen LogP contribution in [0.2, 0.25) is 0 Å². The zero-order valence-corrected chi connectivity index (χ0v) is 19.0. The molecule has 2 heterocycles. The summed E-state index contributed by atoms with van der Waals surface area (Å²) < 4.78 is 10.4. The highest BCUT2D eigenvalue weighted by Gasteiger charge is 2.11. The lowest BCUT2D eigenvalue weighted by molar-refractivity contribution is -0.114. The topological polar surface area (TPSA) is 110 Å². The van der Waals surface area contributed by atoms with Gasteiger partial charge in [0.25, 0.3) is 0 Å². The summed E-state index contributed by atoms with van der Waals surface area (Å²) in [5.41, 5.74) is 3.24. The standard InChI is InChI=1S/C24H28N6O3/c1-5-19(31)12-17-8-6-7-9-20(17)28-23-16(2)15-26-24(30-23)27-18-13-21(25-10-11-32-3)29-22(14-18)33-4/h5-9,13-15H,1,10-12H2,2-4H3,(H3,25,26,27,28,29,30). The van der Waals surface area contributed by atoms with Gasteiger partial charge in [0.1, 0.15) is 11.6 Å². The van der Waals surface area contributed by atoms with E-state index in [0.717, 1.165) is 16.8 Å². The summed E-state index contributed by atoms with van der Waals surface area (Å²) in [5, 5.41) is 9.70. The molecule has 2 aromatic heterocycles. The average Bonchev–Trinajstić information content (AvgIpc) is 2.82. The number of hydrogen-bond acceptors (Lipinski definition) is 9. The second-order valence-electron chi connectivity index (χ2n) is 7.18. The fraction of sp³-hybridized carbons (Fsp3) is 0.250. The van der Waals surface area contributed by atoms with Gasteiger partial charge in [0.2, 0.25) is 11.8 Å². The van der Waals surface area contributed by atoms with Gasteiger partial charge < -0.3 is 25.4 Å². The zero-order valence-electron chi connectivity index (χ0n) is 19.0. The molecule has 0 saturated carbocycles. The van der Waals surface area contributed by atoms with Crippen LogP contribution in [0.25, 0.3) is 0 Å². The monoisotopic (exact) mass is 448 g/mol. The number of carbonyl (C=O) groups is 1. The van der Waals surface area contributed by atoms with Crippen molar-refractivity contribution in [3.8, 4) is 5.88 Å². The van der Waals surface area contributed by atoms with Crippen LogP contribution in [0.15, 0.2) is 55.3 Å². The number of hydrogen-bond donors (Lipinski definition) is 3. The SMILES string of the molecule is C=CC(=O)Cc1ccccc1Nc1nc(Nc2cc(NCCOC)nc(OC)c2)ncc1C. The first-order valence-electron chi connectivity index (χ1n) is 10.4. The molecule has 3 rings (SSSR count). The van der Waals surface area contributed by atoms with Crippen LogP contribution in [0.1, 0.15) is 11.1 Å². The molecule has 9 heteroatoms. The Bertz CT molecular complexity index is 1120. The molecule has 0 amide bonds. The molecular formula is C24H28N6O3. The summed E-state index contributed by atoms with van der Waals surface area (Å²) in [4.78, 5) is 25.3. The minimum Gasteiger partial charge on any atom is -0.481 e. The van der Waals surface area contributed by atoms with Crippen molar-refractivity contribution in [1.29, 1.82) is 0 Å². The second-order valence-corrected chi connectivity index (χ2v) is 7.18. The minimum absolute atomic E-state index is 0.0486. The molecular weight excluding hydrogens is 420 g/mol. The van der Waals surface area contributed by atoms with E-state index in [0.29, 0.717) is 42.3 Å². The van der Waals surface area contributed by atoms with E-state index in [9.17, 15) is 4.79 Å². The van der Waals surface area contributed by atoms with Crippen LogP contribution in [0.5, 0.6) is 5.88 Å². The van der Waals surface area contributed by atoms with Gasteiger partial charge in [-0.05, 0) is 24.6 Å². The zero-order chi connectivity index (χ0) is 23.6. The van der Waals surface area contributed by atoms with Gasteiger partial charge in [0, 0.05) is 55.3 Å². The molecule has 3 N–H and O–H groups in total. The van der Waals surface area contributed by atoms with E-state index in [1.54, 1.807) is 26.5 Å². The summed E-state index contributed by atoms with van der Waals surface area (Å²) >= 11 is 0. The van der Waals surface area contributed by atoms with Crippen molar-refractivity contribution in [1.82, 2.24) is 15.0 Å². The van der Waals surface area contributed by atoms with Crippen LogP contribution >= 0.6 is 0 Å². The molecule has 0 radical (unpaired) electrons. The molecule has 9 nitrogen and oxygen atoms in total. The van der Waals surface area contributed by atoms with Crippen molar-refractivity contribution in [2.24, 2.45) is 0 Å². The number of rotatable bonds is 12. The minimum atomic E-state index is -0.0486. The molecule has 0 aliphatic heterocycles. The van der Waals surface area contributed by atoms with Gasteiger partial charge >= 0.3 is 0 Å². The predicted molar refractivity (Wildman–Crippen MR) is 130 cm³/mol. The van der Waals surface area contributed by atoms with Gasteiger partial charge in [-0.3, -0.25) is 4.79 Å². The van der Waals surface area contributed by atoms with Crippen molar-refractivity contribution < 1.29 is 14.3 Å². The summed E-state index contributed by atoms with van der Waals surface area (Å²) in [7, 11) is 3.20. The molecule has 172 valence electrons. The quantitative estimate of drug-likeness (QED) is 0.279. The molecule has 0 bridgehead atoms. The molecule has 0 unspecified atom stereocenters. The number of benzene rings is 1. The van der Waals surface area contributed by atoms with E-state index < -0.39 is 0 Å². The molecule has 0 fully saturated rings. The third-order valence-electron chi connectivity index (χ3n) is 4.71. The molecule has 1 aromatic carbocycles. The van der Waals surface area contributed by atoms with E-state index in [1.807, 2.05) is 37.3 Å². The smallest absolute Gasteiger partial charge is 0.229 e. The lowest BCUT2D eigenvalue weighted by Gasteiger charge is -2.14. The van der Waals surface area contributed by atoms with Crippen molar-refractivity contribution >= 4 is 34.7 Å². The first-order valence-corrected chi connectivity index (χ1v) is 10.4. The Morgan fingerprint density at radius 1 is 1.15 bits per heavy atom. The largest absolute Gasteiger partial charge is 0.481 e. The fourth-order valence-corrected chi connectivity index (χ4v) is 3.00. The molecule has 0 saturated heterocycles. The molecule has 0 aliphatic carbocycles. The second kappa shape index (κ2) is 11.6. The van der Waals surface area contributed by atoms with Gasteiger partial charge in [0.15, 0.2) is 5.78 Å². The highest BCUT2D eigenvalue weighted by molar-refractivity contribution is 5.92. The highest BCUT2D eigenvalue weighted by Crippen LogP contribution is 2.26. The predicted octanol–water partition coefficient (Wildman–Crippen LogP) is 4.03. The Labute approximate surface area is 193 Å². The van der Waals surface area contributed by atoms with Crippen LogP contribution in [0, 0.1) is 6.92 Å². The maximum atomic E-state index is 11.9. The highest BCUT2D eigenvalue weighted by atomic mass is 16.5. The number of anilines is 5. The van der Waals surface area contributed by atoms with E-state index in [4.69, 9.17) is 9.47 Å². The van der Waals surface area contributed by atoms with E-state index in [-0.39, 0.29) is 12.2 Å². The van der Waals surface area contributed by atoms with Crippen molar-refractivity contribution in [3.05, 3.63) is 66.4 Å². The summed E-state index contributed by atoms with van der Waals surface area (Å²) in [6.45, 7) is 6.63. The van der Waals surface area contributed by atoms with Gasteiger partial charge in [0.05, 0.1) is 13.7 Å². The average molecular weight is 449 g/mol. The first kappa shape index (κ1) is 23.7. The number of methoxy groups -OCH3 is 2. The summed E-state index contributed by atoms with van der Waals surface area (Å²) in [5.74, 6) is 2.07. The molecule has 0 aliphatic rings. The Balaban J connectivity index is 1.82. The number of nitrogens with zero attached hydrogens (tertiary/aromatic N) is 3. The van der Waals surface area contributed by atoms with Crippen molar-refractivity contribution in [2.75, 3.05) is 43.3 Å². The number of carbonyl (C=O) groups excluding carboxylic acids is 1. The van der Waals surface area contributed by atoms with Crippen molar-refractivity contribution in [2.45, 2.75) is 13.3 Å². The van der Waals surface area contributed by atoms with Crippen LogP contribution in [-0.4, -0.2) is 48.1 Å². The summed E-state index contributed by atoms with van der Waals surface area (Å²) in [6.07, 6.45) is 3.32. The van der Waals surface area contributed by atoms with Gasteiger partial charge in [-0.25, -0.2) is 4.98 Å². The van der Waals surface area contributed by atoms with E-state index in [2.05, 4.69) is 37.5 Å². The fourth-order valence-electron chi connectivity index (χ4n) is 3.00. The molecule has 3 aromatic rings. The van der Waals surface area contributed by atoms with Gasteiger partial charge in [-0.2, -0.15) is 9.97 Å². The van der Waals surface area contributed by atoms with Gasteiger partial charge in [-0.1, -0.05) is 24.8 Å². The van der Waals surface area contributed by atoms with Crippen molar-refractivity contribution in [3.63, 3.8) is 0 Å². The lowest BCUT2D eigenvalue weighted by atomic mass is 10.1. The maximum absolute atomic E-state index is 11.9. The molecule has 0 spiro atoms. The number of allylic oxidation sites excluding steroid dienone is 1. The number of para-hydroxylation sites is 1. The number of pyridine rings is 1. The lowest BCUT2D eigenvalue weighted by Crippen LogP contribution is -2.10. The van der Waals surface area contributed by atoms with Crippen LogP contribution in [0.4, 0.5) is 29.0 Å². The number of ether oxygens (including phenoxy) is 2. The number of aromatic nitrogens is 3. The Kier molecular flexibility index (Phi) is 8.31. The maximum Gasteiger partial charge on any atom is 0.229 e. The van der Waals surface area contributed by atoms with Crippen LogP contribution in [-0.2, 0) is 16.0 Å². The number of nitrogens with one attached hydrogen (secondary N) is 3. The summed E-state index contributed by atoms with van der Waals surface area (Å²) in [6, 6.07) is 11.2. The van der Waals surface area contributed by atoms with E-state index in [1.165, 1.54) is 6.08 Å². The van der Waals surface area contributed by atoms with Gasteiger partial charge in [-0.15, -0.1) is 0 Å². The number of aryl methyl sites for hydroxylation is 1. The Morgan fingerprint density at radius 3 is 2.73 bits per heavy atom. The van der Waals surface area contributed by atoms with Crippen LogP contribution in [0.3, 0.4) is 0 Å².